The molecule has 2 rings (SSSR count). The number of carbonyl (C=O) groups excluding carboxylic acids is 3. The molecule has 1 aromatic carbocycles. The minimum atomic E-state index is -0.810. The Morgan fingerprint density at radius 2 is 1.85 bits per heavy atom. The highest BCUT2D eigenvalue weighted by molar-refractivity contribution is 5.97. The van der Waals surface area contributed by atoms with Crippen LogP contribution in [-0.4, -0.2) is 41.6 Å². The summed E-state index contributed by atoms with van der Waals surface area (Å²) in [5, 5.41) is 2.74. The quantitative estimate of drug-likeness (QED) is 0.837. The van der Waals surface area contributed by atoms with Crippen molar-refractivity contribution < 1.29 is 23.9 Å². The largest absolute Gasteiger partial charge is 0.467 e. The lowest BCUT2D eigenvalue weighted by molar-refractivity contribution is -0.145. The number of nitrogens with zero attached hydrogens (tertiary/aromatic N) is 1. The van der Waals surface area contributed by atoms with Gasteiger partial charge in [0.05, 0.1) is 18.5 Å². The lowest BCUT2D eigenvalue weighted by atomic mass is 10.1. The van der Waals surface area contributed by atoms with Crippen LogP contribution in [0.25, 0.3) is 5.70 Å². The van der Waals surface area contributed by atoms with E-state index in [1.807, 2.05) is 0 Å². The normalized spacial score (nSPS) is 16.7. The number of amides is 2. The van der Waals surface area contributed by atoms with E-state index in [9.17, 15) is 14.4 Å². The molecule has 1 atom stereocenters. The lowest BCUT2D eigenvalue weighted by Gasteiger charge is -2.30. The van der Waals surface area contributed by atoms with Crippen molar-refractivity contribution >= 4 is 29.4 Å². The molecule has 1 aliphatic heterocycles. The van der Waals surface area contributed by atoms with E-state index in [2.05, 4.69) is 5.32 Å². The Bertz CT molecular complexity index is 749. The number of rotatable bonds is 3. The average Bonchev–Trinajstić information content (AvgIpc) is 2.97. The van der Waals surface area contributed by atoms with Crippen LogP contribution in [0.3, 0.4) is 0 Å². The molecule has 1 aromatic rings. The van der Waals surface area contributed by atoms with Crippen LogP contribution >= 0.6 is 0 Å². The predicted molar refractivity (Wildman–Crippen MR) is 97.2 cm³/mol. The van der Waals surface area contributed by atoms with Crippen molar-refractivity contribution in [1.29, 1.82) is 0 Å². The summed E-state index contributed by atoms with van der Waals surface area (Å²) < 4.78 is 10.3. The summed E-state index contributed by atoms with van der Waals surface area (Å²) in [5.41, 5.74) is 0.951. The molecule has 0 radical (unpaired) electrons. The van der Waals surface area contributed by atoms with Gasteiger partial charge in [-0.25, -0.2) is 9.59 Å². The van der Waals surface area contributed by atoms with Crippen LogP contribution in [0, 0.1) is 0 Å². The summed E-state index contributed by atoms with van der Waals surface area (Å²) in [7, 11) is 1.28. The van der Waals surface area contributed by atoms with E-state index < -0.39 is 23.7 Å². The van der Waals surface area contributed by atoms with Crippen molar-refractivity contribution in [2.45, 2.75) is 45.8 Å². The molecule has 0 aliphatic carbocycles. The molecule has 0 bridgehead atoms. The maximum Gasteiger partial charge on any atom is 0.415 e. The number of nitrogens with one attached hydrogen (secondary N) is 1. The van der Waals surface area contributed by atoms with E-state index in [1.165, 1.54) is 18.9 Å². The molecule has 0 aromatic heterocycles. The third kappa shape index (κ3) is 4.41. The molecule has 1 unspecified atom stereocenters. The van der Waals surface area contributed by atoms with E-state index in [0.717, 1.165) is 0 Å². The average molecular weight is 360 g/mol. The second kappa shape index (κ2) is 7.59. The zero-order chi connectivity index (χ0) is 19.5. The molecule has 1 heterocycles. The van der Waals surface area contributed by atoms with Crippen LogP contribution in [0.1, 0.15) is 39.7 Å². The summed E-state index contributed by atoms with van der Waals surface area (Å²) in [4.78, 5) is 37.7. The summed E-state index contributed by atoms with van der Waals surface area (Å²) >= 11 is 0. The summed E-state index contributed by atoms with van der Waals surface area (Å²) in [6, 6.07) is 6.26. The van der Waals surface area contributed by atoms with Crippen molar-refractivity contribution in [2.24, 2.45) is 0 Å². The SMILES string of the molecule is COC(=O)C1CC=C(c2ccccc2NC(C)=O)N1C(=O)OC(C)(C)C. The third-order valence-corrected chi connectivity index (χ3v) is 3.68. The molecule has 0 fully saturated rings. The van der Waals surface area contributed by atoms with Gasteiger partial charge in [0.1, 0.15) is 11.6 Å². The Hall–Kier alpha value is -2.83. The number of methoxy groups -OCH3 is 1. The topological polar surface area (TPSA) is 84.9 Å². The number of anilines is 1. The molecule has 1 N–H and O–H groups in total. The molecule has 1 aliphatic rings. The molecule has 0 spiro atoms. The maximum absolute atomic E-state index is 12.8. The Morgan fingerprint density at radius 3 is 2.42 bits per heavy atom. The number of hydrogen-bond donors (Lipinski definition) is 1. The first kappa shape index (κ1) is 19.5. The first-order valence-electron chi connectivity index (χ1n) is 8.31. The highest BCUT2D eigenvalue weighted by Crippen LogP contribution is 2.35. The first-order chi connectivity index (χ1) is 12.1. The second-order valence-corrected chi connectivity index (χ2v) is 6.94. The Kier molecular flexibility index (Phi) is 5.69. The number of ether oxygens (including phenoxy) is 2. The van der Waals surface area contributed by atoms with Crippen LogP contribution in [0.2, 0.25) is 0 Å². The van der Waals surface area contributed by atoms with Gasteiger partial charge >= 0.3 is 12.1 Å². The first-order valence-corrected chi connectivity index (χ1v) is 8.31. The van der Waals surface area contributed by atoms with Gasteiger partial charge in [-0.05, 0) is 33.3 Å². The smallest absolute Gasteiger partial charge is 0.415 e. The molecule has 140 valence electrons. The summed E-state index contributed by atoms with van der Waals surface area (Å²) in [6.07, 6.45) is 1.43. The number of para-hydroxylation sites is 1. The fraction of sp³-hybridized carbons (Fsp3) is 0.421. The van der Waals surface area contributed by atoms with Crippen molar-refractivity contribution in [1.82, 2.24) is 4.90 Å². The van der Waals surface area contributed by atoms with Gasteiger partial charge < -0.3 is 14.8 Å². The van der Waals surface area contributed by atoms with Gasteiger partial charge in [0, 0.05) is 12.5 Å². The van der Waals surface area contributed by atoms with Crippen LogP contribution in [0.4, 0.5) is 10.5 Å². The maximum atomic E-state index is 12.8. The highest BCUT2D eigenvalue weighted by atomic mass is 16.6. The number of carbonyl (C=O) groups is 3. The van der Waals surface area contributed by atoms with Crippen LogP contribution in [0.5, 0.6) is 0 Å². The summed E-state index contributed by atoms with van der Waals surface area (Å²) in [5.74, 6) is -0.761. The Labute approximate surface area is 153 Å². The molecular formula is C19H24N2O5. The number of benzene rings is 1. The van der Waals surface area contributed by atoms with Gasteiger partial charge in [-0.3, -0.25) is 9.69 Å². The summed E-state index contributed by atoms with van der Waals surface area (Å²) in [6.45, 7) is 6.66. The standard InChI is InChI=1S/C19H24N2O5/c1-12(22)20-14-9-7-6-8-13(14)15-10-11-16(17(23)25-5)21(15)18(24)26-19(2,3)4/h6-10,16H,11H2,1-5H3,(H,20,22). The molecule has 2 amide bonds. The van der Waals surface area contributed by atoms with Crippen molar-refractivity contribution in [3.05, 3.63) is 35.9 Å². The van der Waals surface area contributed by atoms with Gasteiger partial charge in [-0.15, -0.1) is 0 Å². The number of hydrogen-bond acceptors (Lipinski definition) is 5. The minimum absolute atomic E-state index is 0.232. The Morgan fingerprint density at radius 1 is 1.19 bits per heavy atom. The molecular weight excluding hydrogens is 336 g/mol. The fourth-order valence-corrected chi connectivity index (χ4v) is 2.71. The van der Waals surface area contributed by atoms with Gasteiger partial charge in [0.2, 0.25) is 5.91 Å². The predicted octanol–water partition coefficient (Wildman–Crippen LogP) is 3.17. The zero-order valence-corrected chi connectivity index (χ0v) is 15.7. The highest BCUT2D eigenvalue weighted by Gasteiger charge is 2.40. The van der Waals surface area contributed by atoms with Crippen LogP contribution in [0.15, 0.2) is 30.3 Å². The van der Waals surface area contributed by atoms with E-state index in [4.69, 9.17) is 9.47 Å². The van der Waals surface area contributed by atoms with Gasteiger partial charge in [-0.1, -0.05) is 24.3 Å². The van der Waals surface area contributed by atoms with E-state index >= 15 is 0 Å². The van der Waals surface area contributed by atoms with Gasteiger partial charge in [-0.2, -0.15) is 0 Å². The molecule has 7 nitrogen and oxygen atoms in total. The second-order valence-electron chi connectivity index (χ2n) is 6.94. The molecule has 7 heteroatoms. The Balaban J connectivity index is 2.45. The zero-order valence-electron chi connectivity index (χ0n) is 15.7. The van der Waals surface area contributed by atoms with E-state index in [-0.39, 0.29) is 5.91 Å². The monoisotopic (exact) mass is 360 g/mol. The molecule has 26 heavy (non-hydrogen) atoms. The van der Waals surface area contributed by atoms with Gasteiger partial charge in [0.25, 0.3) is 0 Å². The van der Waals surface area contributed by atoms with Crippen LogP contribution in [-0.2, 0) is 19.1 Å². The van der Waals surface area contributed by atoms with E-state index in [0.29, 0.717) is 23.4 Å². The third-order valence-electron chi connectivity index (χ3n) is 3.68. The minimum Gasteiger partial charge on any atom is -0.467 e. The van der Waals surface area contributed by atoms with E-state index in [1.54, 1.807) is 51.1 Å². The van der Waals surface area contributed by atoms with Crippen molar-refractivity contribution in [2.75, 3.05) is 12.4 Å². The van der Waals surface area contributed by atoms with Crippen LogP contribution < -0.4 is 5.32 Å². The van der Waals surface area contributed by atoms with Crippen molar-refractivity contribution in [3.8, 4) is 0 Å². The van der Waals surface area contributed by atoms with Gasteiger partial charge in [0.15, 0.2) is 0 Å². The molecule has 0 saturated heterocycles. The fourth-order valence-electron chi connectivity index (χ4n) is 2.71. The lowest BCUT2D eigenvalue weighted by Crippen LogP contribution is -2.43. The molecule has 0 saturated carbocycles. The number of esters is 1. The van der Waals surface area contributed by atoms with Crippen molar-refractivity contribution in [3.63, 3.8) is 0 Å².